The number of ketones is 1. The first-order chi connectivity index (χ1) is 15.7. The largest absolute Gasteiger partial charge is 0.388 e. The number of hydrogen-bond donors (Lipinski definition) is 1. The maximum atomic E-state index is 11.3. The molecule has 4 rings (SSSR count). The van der Waals surface area contributed by atoms with Crippen LogP contribution in [-0.2, 0) is 17.8 Å². The van der Waals surface area contributed by atoms with Crippen LogP contribution in [-0.4, -0.2) is 35.5 Å². The average Bonchev–Trinajstić information content (AvgIpc) is 3.25. The Hall–Kier alpha value is -2.49. The molecular weight excluding hydrogens is 394 g/mol. The molecule has 0 saturated heterocycles. The van der Waals surface area contributed by atoms with Gasteiger partial charge < -0.3 is 5.11 Å². The number of aliphatic hydroxyl groups is 1. The van der Waals surface area contributed by atoms with Gasteiger partial charge in [-0.1, -0.05) is 79.9 Å². The van der Waals surface area contributed by atoms with E-state index in [0.29, 0.717) is 0 Å². The smallest absolute Gasteiger partial charge is 0.181 e. The van der Waals surface area contributed by atoms with E-state index in [-0.39, 0.29) is 5.78 Å². The third kappa shape index (κ3) is 6.27. The highest BCUT2D eigenvalue weighted by atomic mass is 16.3. The number of fused-ring (bicyclic) bond motifs is 1. The monoisotopic (exact) mass is 429 g/mol. The van der Waals surface area contributed by atoms with Crippen molar-refractivity contribution < 1.29 is 9.90 Å². The highest BCUT2D eigenvalue weighted by Crippen LogP contribution is 2.30. The normalized spacial score (nSPS) is 16.5. The highest BCUT2D eigenvalue weighted by Gasteiger charge is 2.19. The van der Waals surface area contributed by atoms with Crippen LogP contribution in [0.4, 0.5) is 0 Å². The topological polar surface area (TPSA) is 40.5 Å². The summed E-state index contributed by atoms with van der Waals surface area (Å²) in [5, 5.41) is 8.86. The van der Waals surface area contributed by atoms with Crippen LogP contribution in [0.25, 0.3) is 11.6 Å². The van der Waals surface area contributed by atoms with Gasteiger partial charge in [0.05, 0.1) is 0 Å². The maximum absolute atomic E-state index is 11.3. The Bertz CT molecular complexity index is 951. The molecule has 2 aliphatic rings. The van der Waals surface area contributed by atoms with Crippen molar-refractivity contribution in [1.82, 2.24) is 4.90 Å². The van der Waals surface area contributed by atoms with Gasteiger partial charge in [0.25, 0.3) is 0 Å². The van der Waals surface area contributed by atoms with E-state index in [1.54, 1.807) is 6.08 Å². The molecule has 3 heteroatoms. The van der Waals surface area contributed by atoms with Crippen LogP contribution in [0.2, 0.25) is 0 Å². The molecule has 1 N–H and O–H groups in total. The van der Waals surface area contributed by atoms with Crippen LogP contribution < -0.4 is 0 Å². The first-order valence-electron chi connectivity index (χ1n) is 12.1. The average molecular weight is 430 g/mol. The molecule has 0 heterocycles. The van der Waals surface area contributed by atoms with E-state index in [1.807, 2.05) is 0 Å². The Morgan fingerprint density at radius 3 is 2.59 bits per heavy atom. The van der Waals surface area contributed by atoms with E-state index >= 15 is 0 Å². The third-order valence-corrected chi connectivity index (χ3v) is 6.87. The summed E-state index contributed by atoms with van der Waals surface area (Å²) in [6.07, 6.45) is 14.7. The van der Waals surface area contributed by atoms with Gasteiger partial charge in [0, 0.05) is 19.6 Å². The first kappa shape index (κ1) is 22.7. The standard InChI is InChI=1S/C29H35NO2/c31-22-28(32)17-14-23-10-12-25(13-11-23)21-30(20-24-6-2-1-3-7-24)19-18-27-16-15-26-8-4-5-9-29(26)27/h4-5,8-14,16-17,24,31H,1-3,6-7,15,18-22H2/b17-14+. The van der Waals surface area contributed by atoms with Crippen LogP contribution >= 0.6 is 0 Å². The fourth-order valence-electron chi connectivity index (χ4n) is 5.07. The minimum absolute atomic E-state index is 0.268. The Balaban J connectivity index is 1.40. The van der Waals surface area contributed by atoms with Crippen LogP contribution in [0.5, 0.6) is 0 Å². The van der Waals surface area contributed by atoms with Crippen LogP contribution in [0.1, 0.15) is 60.8 Å². The second-order valence-corrected chi connectivity index (χ2v) is 9.28. The third-order valence-electron chi connectivity index (χ3n) is 6.87. The minimum Gasteiger partial charge on any atom is -0.388 e. The van der Waals surface area contributed by atoms with Gasteiger partial charge in [0.15, 0.2) is 5.78 Å². The van der Waals surface area contributed by atoms with Crippen LogP contribution in [0.3, 0.4) is 0 Å². The predicted molar refractivity (Wildman–Crippen MR) is 132 cm³/mol. The van der Waals surface area contributed by atoms with Crippen molar-refractivity contribution in [1.29, 1.82) is 0 Å². The molecule has 168 valence electrons. The Labute approximate surface area is 192 Å². The summed E-state index contributed by atoms with van der Waals surface area (Å²) in [6, 6.07) is 17.3. The molecule has 0 spiro atoms. The van der Waals surface area contributed by atoms with Crippen molar-refractivity contribution in [2.24, 2.45) is 5.92 Å². The van der Waals surface area contributed by atoms with Crippen LogP contribution in [0, 0.1) is 5.92 Å². The number of nitrogens with zero attached hydrogens (tertiary/aromatic N) is 1. The van der Waals surface area contributed by atoms with E-state index in [2.05, 4.69) is 59.5 Å². The van der Waals surface area contributed by atoms with Crippen molar-refractivity contribution in [2.45, 2.75) is 51.5 Å². The van der Waals surface area contributed by atoms with Gasteiger partial charge in [-0.25, -0.2) is 0 Å². The summed E-state index contributed by atoms with van der Waals surface area (Å²) in [5.41, 5.74) is 6.71. The van der Waals surface area contributed by atoms with Crippen molar-refractivity contribution in [3.05, 3.63) is 82.9 Å². The van der Waals surface area contributed by atoms with Crippen molar-refractivity contribution >= 4 is 17.4 Å². The predicted octanol–water partition coefficient (Wildman–Crippen LogP) is 5.67. The summed E-state index contributed by atoms with van der Waals surface area (Å²) in [4.78, 5) is 13.9. The number of carbonyl (C=O) groups is 1. The zero-order chi connectivity index (χ0) is 22.2. The summed E-state index contributed by atoms with van der Waals surface area (Å²) in [7, 11) is 0. The molecule has 2 aromatic rings. The molecule has 2 aliphatic carbocycles. The molecule has 1 saturated carbocycles. The number of rotatable bonds is 10. The van der Waals surface area contributed by atoms with Crippen molar-refractivity contribution in [3.8, 4) is 0 Å². The highest BCUT2D eigenvalue weighted by molar-refractivity contribution is 5.94. The second kappa shape index (κ2) is 11.4. The quantitative estimate of drug-likeness (QED) is 0.495. The molecule has 0 aliphatic heterocycles. The zero-order valence-electron chi connectivity index (χ0n) is 19.0. The lowest BCUT2D eigenvalue weighted by molar-refractivity contribution is -0.117. The molecular formula is C29H35NO2. The Morgan fingerprint density at radius 1 is 1.03 bits per heavy atom. The number of hydrogen-bond acceptors (Lipinski definition) is 3. The fourth-order valence-corrected chi connectivity index (χ4v) is 5.07. The molecule has 3 nitrogen and oxygen atoms in total. The minimum atomic E-state index is -0.439. The van der Waals surface area contributed by atoms with Crippen LogP contribution in [0.15, 0.2) is 60.7 Å². The SMILES string of the molecule is O=C(/C=C/c1ccc(CN(CCC2=CCc3ccccc32)CC2CCCCC2)cc1)CO. The summed E-state index contributed by atoms with van der Waals surface area (Å²) < 4.78 is 0. The number of benzene rings is 2. The van der Waals surface area contributed by atoms with Gasteiger partial charge in [0.1, 0.15) is 6.61 Å². The molecule has 32 heavy (non-hydrogen) atoms. The lowest BCUT2D eigenvalue weighted by Gasteiger charge is -2.30. The maximum Gasteiger partial charge on any atom is 0.181 e. The molecule has 2 aromatic carbocycles. The fraction of sp³-hybridized carbons (Fsp3) is 0.414. The zero-order valence-corrected chi connectivity index (χ0v) is 19.0. The number of carbonyl (C=O) groups excluding carboxylic acids is 1. The van der Waals surface area contributed by atoms with E-state index in [1.165, 1.54) is 67.0 Å². The molecule has 0 atom stereocenters. The van der Waals surface area contributed by atoms with E-state index in [4.69, 9.17) is 5.11 Å². The first-order valence-corrected chi connectivity index (χ1v) is 12.1. The molecule has 1 fully saturated rings. The van der Waals surface area contributed by atoms with E-state index < -0.39 is 6.61 Å². The molecule has 0 amide bonds. The number of aliphatic hydroxyl groups excluding tert-OH is 1. The lowest BCUT2D eigenvalue weighted by atomic mass is 9.88. The summed E-state index contributed by atoms with van der Waals surface area (Å²) in [5.74, 6) is 0.552. The van der Waals surface area contributed by atoms with Gasteiger partial charge in [0.2, 0.25) is 0 Å². The molecule has 0 unspecified atom stereocenters. The Kier molecular flexibility index (Phi) is 8.08. The lowest BCUT2D eigenvalue weighted by Crippen LogP contribution is -2.31. The van der Waals surface area contributed by atoms with Crippen molar-refractivity contribution in [2.75, 3.05) is 19.7 Å². The van der Waals surface area contributed by atoms with E-state index in [9.17, 15) is 4.79 Å². The van der Waals surface area contributed by atoms with Gasteiger partial charge >= 0.3 is 0 Å². The number of allylic oxidation sites excluding steroid dienone is 1. The second-order valence-electron chi connectivity index (χ2n) is 9.28. The van der Waals surface area contributed by atoms with E-state index in [0.717, 1.165) is 37.4 Å². The van der Waals surface area contributed by atoms with Gasteiger partial charge in [-0.05, 0) is 65.5 Å². The molecule has 0 radical (unpaired) electrons. The summed E-state index contributed by atoms with van der Waals surface area (Å²) in [6.45, 7) is 2.79. The summed E-state index contributed by atoms with van der Waals surface area (Å²) >= 11 is 0. The van der Waals surface area contributed by atoms with Gasteiger partial charge in [-0.2, -0.15) is 0 Å². The Morgan fingerprint density at radius 2 is 1.81 bits per heavy atom. The molecule has 0 bridgehead atoms. The molecule has 0 aromatic heterocycles. The van der Waals surface area contributed by atoms with Gasteiger partial charge in [-0.3, -0.25) is 9.69 Å². The van der Waals surface area contributed by atoms with Crippen molar-refractivity contribution in [3.63, 3.8) is 0 Å². The van der Waals surface area contributed by atoms with Gasteiger partial charge in [-0.15, -0.1) is 0 Å².